The van der Waals surface area contributed by atoms with Crippen LogP contribution in [0.25, 0.3) is 0 Å². The Labute approximate surface area is 124 Å². The van der Waals surface area contributed by atoms with Crippen LogP contribution in [0.3, 0.4) is 0 Å². The lowest BCUT2D eigenvalue weighted by Crippen LogP contribution is -2.37. The van der Waals surface area contributed by atoms with Gasteiger partial charge in [0.25, 0.3) is 0 Å². The highest BCUT2D eigenvalue weighted by molar-refractivity contribution is 7.92. The summed E-state index contributed by atoms with van der Waals surface area (Å²) in [7, 11) is -3.70. The molecule has 1 saturated heterocycles. The maximum Gasteiger partial charge on any atom is 0.238 e. The van der Waals surface area contributed by atoms with E-state index in [1.807, 2.05) is 0 Å². The number of halogens is 1. The van der Waals surface area contributed by atoms with E-state index in [1.54, 1.807) is 4.90 Å². The number of sulfone groups is 1. The Bertz CT molecular complexity index is 575. The number of hydrogen-bond donors (Lipinski definition) is 0. The third-order valence-corrected chi connectivity index (χ3v) is 5.31. The number of amides is 1. The van der Waals surface area contributed by atoms with Crippen molar-refractivity contribution >= 4 is 15.7 Å². The van der Waals surface area contributed by atoms with Crippen molar-refractivity contribution in [3.05, 3.63) is 30.1 Å². The fraction of sp³-hybridized carbons (Fsp3) is 0.533. The second-order valence-corrected chi connectivity index (χ2v) is 7.35. The molecule has 0 aliphatic carbocycles. The van der Waals surface area contributed by atoms with E-state index in [1.165, 1.54) is 18.6 Å². The summed E-state index contributed by atoms with van der Waals surface area (Å²) in [6, 6.07) is 4.58. The van der Waals surface area contributed by atoms with E-state index in [2.05, 4.69) is 0 Å². The molecule has 4 nitrogen and oxygen atoms in total. The van der Waals surface area contributed by atoms with E-state index >= 15 is 0 Å². The van der Waals surface area contributed by atoms with Crippen LogP contribution >= 0.6 is 0 Å². The van der Waals surface area contributed by atoms with E-state index < -0.39 is 21.4 Å². The quantitative estimate of drug-likeness (QED) is 0.805. The van der Waals surface area contributed by atoms with Gasteiger partial charge in [0.15, 0.2) is 9.84 Å². The van der Waals surface area contributed by atoms with E-state index in [0.717, 1.165) is 37.8 Å². The molecule has 1 amide bonds. The number of carbonyl (C=O) groups excluding carboxylic acids is 1. The first kappa shape index (κ1) is 15.9. The van der Waals surface area contributed by atoms with Gasteiger partial charge < -0.3 is 4.90 Å². The SMILES string of the molecule is O=C(CS(=O)(=O)c1ccc(F)cc1)N1CCCCCCC1. The molecule has 21 heavy (non-hydrogen) atoms. The Morgan fingerprint density at radius 3 is 2.10 bits per heavy atom. The zero-order valence-corrected chi connectivity index (χ0v) is 12.7. The number of benzene rings is 1. The zero-order valence-electron chi connectivity index (χ0n) is 11.9. The van der Waals surface area contributed by atoms with E-state index in [4.69, 9.17) is 0 Å². The highest BCUT2D eigenvalue weighted by Gasteiger charge is 2.23. The van der Waals surface area contributed by atoms with Gasteiger partial charge in [0, 0.05) is 13.1 Å². The summed E-state index contributed by atoms with van der Waals surface area (Å²) in [5, 5.41) is 0. The predicted octanol–water partition coefficient (Wildman–Crippen LogP) is 2.39. The lowest BCUT2D eigenvalue weighted by atomic mass is 10.1. The molecule has 0 aromatic heterocycles. The van der Waals surface area contributed by atoms with Crippen molar-refractivity contribution in [2.45, 2.75) is 37.0 Å². The van der Waals surface area contributed by atoms with Crippen molar-refractivity contribution in [2.24, 2.45) is 0 Å². The Morgan fingerprint density at radius 1 is 1.00 bits per heavy atom. The van der Waals surface area contributed by atoms with Crippen molar-refractivity contribution < 1.29 is 17.6 Å². The zero-order chi connectivity index (χ0) is 15.3. The number of likely N-dealkylation sites (tertiary alicyclic amines) is 1. The molecule has 0 spiro atoms. The van der Waals surface area contributed by atoms with Crippen molar-refractivity contribution in [1.29, 1.82) is 0 Å². The fourth-order valence-electron chi connectivity index (χ4n) is 2.48. The Hall–Kier alpha value is -1.43. The summed E-state index contributed by atoms with van der Waals surface area (Å²) in [6.45, 7) is 1.25. The monoisotopic (exact) mass is 313 g/mol. The Balaban J connectivity index is 2.04. The topological polar surface area (TPSA) is 54.5 Å². The van der Waals surface area contributed by atoms with Crippen LogP contribution in [0.5, 0.6) is 0 Å². The van der Waals surface area contributed by atoms with Gasteiger partial charge in [-0.05, 0) is 37.1 Å². The van der Waals surface area contributed by atoms with Gasteiger partial charge in [-0.2, -0.15) is 0 Å². The maximum atomic E-state index is 12.8. The first-order valence-electron chi connectivity index (χ1n) is 7.25. The van der Waals surface area contributed by atoms with Crippen LogP contribution in [0.15, 0.2) is 29.2 Å². The van der Waals surface area contributed by atoms with Crippen LogP contribution in [0, 0.1) is 5.82 Å². The van der Waals surface area contributed by atoms with Gasteiger partial charge in [-0.15, -0.1) is 0 Å². The second-order valence-electron chi connectivity index (χ2n) is 5.36. The third kappa shape index (κ3) is 4.52. The first-order chi connectivity index (χ1) is 9.99. The molecule has 0 N–H and O–H groups in total. The summed E-state index contributed by atoms with van der Waals surface area (Å²) >= 11 is 0. The second kappa shape index (κ2) is 7.02. The van der Waals surface area contributed by atoms with Crippen LogP contribution in [-0.4, -0.2) is 38.1 Å². The standard InChI is InChI=1S/C15H20FNO3S/c16-13-6-8-14(9-7-13)21(19,20)12-15(18)17-10-4-2-1-3-5-11-17/h6-9H,1-5,10-12H2. The third-order valence-electron chi connectivity index (χ3n) is 3.70. The summed E-state index contributed by atoms with van der Waals surface area (Å²) in [5.74, 6) is -1.40. The molecular weight excluding hydrogens is 293 g/mol. The summed E-state index contributed by atoms with van der Waals surface area (Å²) in [6.07, 6.45) is 5.17. The molecule has 0 unspecified atom stereocenters. The lowest BCUT2D eigenvalue weighted by Gasteiger charge is -2.24. The van der Waals surface area contributed by atoms with Crippen LogP contribution < -0.4 is 0 Å². The summed E-state index contributed by atoms with van der Waals surface area (Å²) < 4.78 is 37.2. The van der Waals surface area contributed by atoms with Crippen molar-refractivity contribution in [2.75, 3.05) is 18.8 Å². The molecule has 1 aliphatic rings. The largest absolute Gasteiger partial charge is 0.342 e. The predicted molar refractivity (Wildman–Crippen MR) is 78.1 cm³/mol. The molecule has 6 heteroatoms. The molecule has 1 fully saturated rings. The average Bonchev–Trinajstić information content (AvgIpc) is 2.37. The van der Waals surface area contributed by atoms with Gasteiger partial charge in [-0.25, -0.2) is 12.8 Å². The highest BCUT2D eigenvalue weighted by atomic mass is 32.2. The molecule has 0 atom stereocenters. The van der Waals surface area contributed by atoms with Crippen molar-refractivity contribution in [3.63, 3.8) is 0 Å². The molecule has 1 aliphatic heterocycles. The number of rotatable bonds is 3. The normalized spacial score (nSPS) is 17.1. The van der Waals surface area contributed by atoms with Gasteiger partial charge in [-0.3, -0.25) is 4.79 Å². The summed E-state index contributed by atoms with van der Waals surface area (Å²) in [4.78, 5) is 13.8. The number of carbonyl (C=O) groups is 1. The van der Waals surface area contributed by atoms with Gasteiger partial charge >= 0.3 is 0 Å². The smallest absolute Gasteiger partial charge is 0.238 e. The fourth-order valence-corrected chi connectivity index (χ4v) is 3.70. The first-order valence-corrected chi connectivity index (χ1v) is 8.90. The van der Waals surface area contributed by atoms with E-state index in [9.17, 15) is 17.6 Å². The molecule has 1 aromatic carbocycles. The minimum Gasteiger partial charge on any atom is -0.342 e. The minimum absolute atomic E-state index is 0.00991. The molecule has 0 saturated carbocycles. The summed E-state index contributed by atoms with van der Waals surface area (Å²) in [5.41, 5.74) is 0. The Morgan fingerprint density at radius 2 is 1.52 bits per heavy atom. The van der Waals surface area contributed by atoms with Gasteiger partial charge in [0.05, 0.1) is 4.90 Å². The molecular formula is C15H20FNO3S. The van der Waals surface area contributed by atoms with Crippen molar-refractivity contribution in [1.82, 2.24) is 4.90 Å². The molecule has 0 radical (unpaired) electrons. The Kier molecular flexibility index (Phi) is 5.33. The molecule has 1 heterocycles. The van der Waals surface area contributed by atoms with Gasteiger partial charge in [0.1, 0.15) is 11.6 Å². The number of hydrogen-bond acceptors (Lipinski definition) is 3. The molecule has 2 rings (SSSR count). The molecule has 0 bridgehead atoms. The number of nitrogens with zero attached hydrogens (tertiary/aromatic N) is 1. The van der Waals surface area contributed by atoms with Crippen molar-refractivity contribution in [3.8, 4) is 0 Å². The highest BCUT2D eigenvalue weighted by Crippen LogP contribution is 2.15. The average molecular weight is 313 g/mol. The van der Waals surface area contributed by atoms with Gasteiger partial charge in [0.2, 0.25) is 5.91 Å². The maximum absolute atomic E-state index is 12.8. The van der Waals surface area contributed by atoms with Crippen LogP contribution in [0.2, 0.25) is 0 Å². The molecule has 116 valence electrons. The van der Waals surface area contributed by atoms with Crippen LogP contribution in [0.1, 0.15) is 32.1 Å². The van der Waals surface area contributed by atoms with E-state index in [0.29, 0.717) is 13.1 Å². The lowest BCUT2D eigenvalue weighted by molar-refractivity contribution is -0.128. The van der Waals surface area contributed by atoms with E-state index in [-0.39, 0.29) is 10.8 Å². The van der Waals surface area contributed by atoms with Crippen LogP contribution in [0.4, 0.5) is 4.39 Å². The minimum atomic E-state index is -3.70. The van der Waals surface area contributed by atoms with Crippen LogP contribution in [-0.2, 0) is 14.6 Å². The van der Waals surface area contributed by atoms with Gasteiger partial charge in [-0.1, -0.05) is 19.3 Å². The molecule has 1 aromatic rings.